The van der Waals surface area contributed by atoms with E-state index in [1.165, 1.54) is 0 Å². The molecule has 2 saturated heterocycles. The second-order valence-corrected chi connectivity index (χ2v) is 7.07. The summed E-state index contributed by atoms with van der Waals surface area (Å²) >= 11 is 0. The number of carbonyl (C=O) groups excluding carboxylic acids is 1. The van der Waals surface area contributed by atoms with Gasteiger partial charge in [-0.25, -0.2) is 4.98 Å². The zero-order chi connectivity index (χ0) is 18.0. The third-order valence-electron chi connectivity index (χ3n) is 5.47. The number of aromatic nitrogens is 2. The topological polar surface area (TPSA) is 78.5 Å². The number of nitrogens with one attached hydrogen (secondary N) is 1. The molecule has 2 aliphatic heterocycles. The van der Waals surface area contributed by atoms with Gasteiger partial charge in [0.2, 0.25) is 5.91 Å². The average Bonchev–Trinajstić information content (AvgIpc) is 3.03. The zero-order valence-electron chi connectivity index (χ0n) is 15.4. The van der Waals surface area contributed by atoms with Crippen LogP contribution in [0.25, 0.3) is 0 Å². The summed E-state index contributed by atoms with van der Waals surface area (Å²) in [6.07, 6.45) is 1.18. The number of aromatic amines is 1. The lowest BCUT2D eigenvalue weighted by atomic mass is 9.99. The molecule has 138 valence electrons. The summed E-state index contributed by atoms with van der Waals surface area (Å²) in [6.45, 7) is 10.6. The lowest BCUT2D eigenvalue weighted by Gasteiger charge is -2.34. The number of hydrogen-bond acceptors (Lipinski definition) is 5. The minimum absolute atomic E-state index is 0.0217. The van der Waals surface area contributed by atoms with Crippen LogP contribution < -0.4 is 5.56 Å². The second-order valence-electron chi connectivity index (χ2n) is 7.07. The maximum Gasteiger partial charge on any atom is 0.254 e. The minimum Gasteiger partial charge on any atom is -0.379 e. The Kier molecular flexibility index (Phi) is 5.54. The summed E-state index contributed by atoms with van der Waals surface area (Å²) in [6, 6.07) is 0.397. The van der Waals surface area contributed by atoms with Gasteiger partial charge in [0.1, 0.15) is 5.82 Å². The quantitative estimate of drug-likeness (QED) is 0.857. The first-order valence-electron chi connectivity index (χ1n) is 9.15. The molecular formula is C18H28N4O3. The van der Waals surface area contributed by atoms with Crippen molar-refractivity contribution in [2.75, 3.05) is 39.4 Å². The molecule has 1 aromatic heterocycles. The van der Waals surface area contributed by atoms with Crippen molar-refractivity contribution in [1.29, 1.82) is 0 Å². The Morgan fingerprint density at radius 1 is 1.28 bits per heavy atom. The summed E-state index contributed by atoms with van der Waals surface area (Å²) in [4.78, 5) is 36.3. The molecule has 1 amide bonds. The number of ether oxygens (including phenoxy) is 1. The number of H-pyrrole nitrogens is 1. The van der Waals surface area contributed by atoms with E-state index in [1.807, 2.05) is 4.90 Å². The summed E-state index contributed by atoms with van der Waals surface area (Å²) in [7, 11) is 0. The van der Waals surface area contributed by atoms with E-state index in [2.05, 4.69) is 21.8 Å². The molecular weight excluding hydrogens is 320 g/mol. The highest BCUT2D eigenvalue weighted by Gasteiger charge is 2.38. The molecule has 0 bridgehead atoms. The van der Waals surface area contributed by atoms with Gasteiger partial charge < -0.3 is 14.6 Å². The van der Waals surface area contributed by atoms with Crippen LogP contribution in [0.3, 0.4) is 0 Å². The van der Waals surface area contributed by atoms with Gasteiger partial charge in [0.25, 0.3) is 5.56 Å². The van der Waals surface area contributed by atoms with Gasteiger partial charge in [0.05, 0.1) is 19.6 Å². The molecule has 3 heterocycles. The molecule has 0 aromatic carbocycles. The Bertz CT molecular complexity index is 681. The van der Waals surface area contributed by atoms with Gasteiger partial charge in [-0.05, 0) is 19.8 Å². The number of aryl methyl sites for hydroxylation is 2. The molecule has 2 unspecified atom stereocenters. The van der Waals surface area contributed by atoms with Gasteiger partial charge in [-0.2, -0.15) is 0 Å². The van der Waals surface area contributed by atoms with E-state index in [-0.39, 0.29) is 17.9 Å². The van der Waals surface area contributed by atoms with Gasteiger partial charge in [-0.3, -0.25) is 14.5 Å². The lowest BCUT2D eigenvalue weighted by Crippen LogP contribution is -2.47. The largest absolute Gasteiger partial charge is 0.379 e. The number of rotatable bonds is 4. The number of hydrogen-bond donors (Lipinski definition) is 1. The van der Waals surface area contributed by atoms with Crippen molar-refractivity contribution in [2.24, 2.45) is 5.92 Å². The van der Waals surface area contributed by atoms with E-state index in [9.17, 15) is 9.59 Å². The van der Waals surface area contributed by atoms with E-state index in [1.54, 1.807) is 13.8 Å². The Hall–Kier alpha value is -1.73. The first-order chi connectivity index (χ1) is 12.0. The maximum atomic E-state index is 12.8. The number of morpholine rings is 1. The van der Waals surface area contributed by atoms with Crippen molar-refractivity contribution >= 4 is 5.91 Å². The Labute approximate surface area is 148 Å². The van der Waals surface area contributed by atoms with Crippen LogP contribution in [0.5, 0.6) is 0 Å². The fraction of sp³-hybridized carbons (Fsp3) is 0.722. The van der Waals surface area contributed by atoms with E-state index >= 15 is 0 Å². The van der Waals surface area contributed by atoms with Gasteiger partial charge >= 0.3 is 0 Å². The molecule has 0 spiro atoms. The molecule has 0 radical (unpaired) electrons. The van der Waals surface area contributed by atoms with Gasteiger partial charge in [0, 0.05) is 43.5 Å². The molecule has 1 aromatic rings. The predicted molar refractivity (Wildman–Crippen MR) is 94.6 cm³/mol. The molecule has 3 rings (SSSR count). The third kappa shape index (κ3) is 3.93. The average molecular weight is 348 g/mol. The van der Waals surface area contributed by atoms with E-state index in [0.29, 0.717) is 29.0 Å². The number of nitrogens with zero attached hydrogens (tertiary/aromatic N) is 3. The van der Waals surface area contributed by atoms with Gasteiger partial charge in [-0.1, -0.05) is 13.3 Å². The minimum atomic E-state index is -0.200. The van der Waals surface area contributed by atoms with Gasteiger partial charge in [-0.15, -0.1) is 0 Å². The fourth-order valence-corrected chi connectivity index (χ4v) is 4.00. The summed E-state index contributed by atoms with van der Waals surface area (Å²) < 4.78 is 5.45. The maximum absolute atomic E-state index is 12.8. The molecule has 7 nitrogen and oxygen atoms in total. The van der Waals surface area contributed by atoms with Crippen LogP contribution >= 0.6 is 0 Å². The molecule has 25 heavy (non-hydrogen) atoms. The Morgan fingerprint density at radius 2 is 2.00 bits per heavy atom. The van der Waals surface area contributed by atoms with Crippen molar-refractivity contribution in [1.82, 2.24) is 19.8 Å². The van der Waals surface area contributed by atoms with Crippen LogP contribution in [0.15, 0.2) is 4.79 Å². The SMILES string of the molecule is CCC1CN(C(=O)Cc2c(C)nc(C)[nH]c2=O)CC1N1CCOCC1. The van der Waals surface area contributed by atoms with E-state index < -0.39 is 0 Å². The molecule has 2 aliphatic rings. The fourth-order valence-electron chi connectivity index (χ4n) is 4.00. The van der Waals surface area contributed by atoms with Crippen LogP contribution in [-0.4, -0.2) is 71.1 Å². The Balaban J connectivity index is 1.70. The zero-order valence-corrected chi connectivity index (χ0v) is 15.4. The second kappa shape index (κ2) is 7.66. The molecule has 0 saturated carbocycles. The highest BCUT2D eigenvalue weighted by molar-refractivity contribution is 5.79. The normalized spacial score (nSPS) is 24.7. The van der Waals surface area contributed by atoms with Gasteiger partial charge in [0.15, 0.2) is 0 Å². The summed E-state index contributed by atoms with van der Waals surface area (Å²) in [5.74, 6) is 1.09. The van der Waals surface area contributed by atoms with Crippen LogP contribution in [0.2, 0.25) is 0 Å². The number of amides is 1. The van der Waals surface area contributed by atoms with Crippen molar-refractivity contribution in [3.8, 4) is 0 Å². The molecule has 2 fully saturated rings. The van der Waals surface area contributed by atoms with Crippen molar-refractivity contribution in [3.63, 3.8) is 0 Å². The standard InChI is InChI=1S/C18H28N4O3/c1-4-14-10-22(11-16(14)21-5-7-25-8-6-21)17(23)9-15-12(2)19-13(3)20-18(15)24/h14,16H,4-11H2,1-3H3,(H,19,20,24). The third-order valence-corrected chi connectivity index (χ3v) is 5.47. The van der Waals surface area contributed by atoms with Crippen LogP contribution in [0.4, 0.5) is 0 Å². The number of likely N-dealkylation sites (tertiary alicyclic amines) is 1. The smallest absolute Gasteiger partial charge is 0.254 e. The Morgan fingerprint density at radius 3 is 2.64 bits per heavy atom. The first kappa shape index (κ1) is 18.1. The highest BCUT2D eigenvalue weighted by Crippen LogP contribution is 2.26. The number of carbonyl (C=O) groups is 1. The molecule has 2 atom stereocenters. The van der Waals surface area contributed by atoms with E-state index in [4.69, 9.17) is 4.74 Å². The van der Waals surface area contributed by atoms with Crippen LogP contribution in [-0.2, 0) is 16.0 Å². The monoisotopic (exact) mass is 348 g/mol. The van der Waals surface area contributed by atoms with Crippen LogP contribution in [0, 0.1) is 19.8 Å². The lowest BCUT2D eigenvalue weighted by molar-refractivity contribution is -0.129. The first-order valence-corrected chi connectivity index (χ1v) is 9.15. The summed E-state index contributed by atoms with van der Waals surface area (Å²) in [5.41, 5.74) is 0.929. The summed E-state index contributed by atoms with van der Waals surface area (Å²) in [5, 5.41) is 0. The van der Waals surface area contributed by atoms with E-state index in [0.717, 1.165) is 45.8 Å². The molecule has 1 N–H and O–H groups in total. The van der Waals surface area contributed by atoms with Crippen molar-refractivity contribution < 1.29 is 9.53 Å². The highest BCUT2D eigenvalue weighted by atomic mass is 16.5. The van der Waals surface area contributed by atoms with Crippen LogP contribution in [0.1, 0.15) is 30.4 Å². The molecule has 7 heteroatoms. The van der Waals surface area contributed by atoms with Crippen molar-refractivity contribution in [2.45, 2.75) is 39.7 Å². The van der Waals surface area contributed by atoms with Crippen molar-refractivity contribution in [3.05, 3.63) is 27.4 Å². The molecule has 0 aliphatic carbocycles. The predicted octanol–water partition coefficient (Wildman–Crippen LogP) is 0.498.